The van der Waals surface area contributed by atoms with Gasteiger partial charge in [0.2, 0.25) is 0 Å². The number of hydrogen-bond donors (Lipinski definition) is 0. The molecule has 1 aromatic heterocycles. The van der Waals surface area contributed by atoms with E-state index in [1.807, 2.05) is 0 Å². The van der Waals surface area contributed by atoms with Crippen molar-refractivity contribution in [1.82, 2.24) is 0 Å². The molecule has 1 heterocycles. The monoisotopic (exact) mass is 358 g/mol. The van der Waals surface area contributed by atoms with E-state index in [9.17, 15) is 26.3 Å². The lowest BCUT2D eigenvalue weighted by Gasteiger charge is -2.12. The number of alkyl halides is 3. The molecule has 130 valence electrons. The molecule has 3 aromatic rings. The average molecular weight is 358 g/mol. The normalized spacial score (nSPS) is 11.6. The summed E-state index contributed by atoms with van der Waals surface area (Å²) < 4.78 is 89.0. The first-order valence-electron chi connectivity index (χ1n) is 6.83. The fraction of sp³-hybridized carbons (Fsp3) is 0.0588. The van der Waals surface area contributed by atoms with Crippen LogP contribution in [0.4, 0.5) is 26.3 Å². The van der Waals surface area contributed by atoms with Gasteiger partial charge in [0.15, 0.2) is 29.0 Å². The molecule has 0 radical (unpaired) electrons. The lowest BCUT2D eigenvalue weighted by atomic mass is 10.1. The van der Waals surface area contributed by atoms with Crippen molar-refractivity contribution in [3.05, 3.63) is 71.7 Å². The van der Waals surface area contributed by atoms with Gasteiger partial charge >= 0.3 is 6.18 Å². The molecule has 0 aliphatic carbocycles. The van der Waals surface area contributed by atoms with Gasteiger partial charge in [-0.3, -0.25) is 0 Å². The molecule has 25 heavy (non-hydrogen) atoms. The first kappa shape index (κ1) is 16.9. The third kappa shape index (κ3) is 3.47. The van der Waals surface area contributed by atoms with Crippen LogP contribution < -0.4 is 4.74 Å². The Bertz CT molecular complexity index is 877. The lowest BCUT2D eigenvalue weighted by Crippen LogP contribution is -2.07. The van der Waals surface area contributed by atoms with Crippen molar-refractivity contribution in [3.63, 3.8) is 0 Å². The second-order valence-electron chi connectivity index (χ2n) is 4.99. The molecule has 2 aromatic carbocycles. The SMILES string of the molecule is Fc1cc(-c2ccco2)ccc1Oc1c(F)cc(C(F)(F)F)cc1F. The van der Waals surface area contributed by atoms with Crippen molar-refractivity contribution in [1.29, 1.82) is 0 Å². The van der Waals surface area contributed by atoms with Crippen molar-refractivity contribution in [2.24, 2.45) is 0 Å². The Morgan fingerprint density at radius 2 is 1.52 bits per heavy atom. The van der Waals surface area contributed by atoms with E-state index >= 15 is 0 Å². The van der Waals surface area contributed by atoms with Crippen molar-refractivity contribution in [2.45, 2.75) is 6.18 Å². The zero-order chi connectivity index (χ0) is 18.2. The van der Waals surface area contributed by atoms with Gasteiger partial charge in [0.1, 0.15) is 5.76 Å². The van der Waals surface area contributed by atoms with Gasteiger partial charge in [0, 0.05) is 5.56 Å². The Morgan fingerprint density at radius 3 is 2.04 bits per heavy atom. The molecule has 0 aliphatic heterocycles. The van der Waals surface area contributed by atoms with Crippen molar-refractivity contribution >= 4 is 0 Å². The maximum Gasteiger partial charge on any atom is 0.416 e. The molecule has 0 saturated heterocycles. The Hall–Kier alpha value is -2.90. The predicted molar refractivity (Wildman–Crippen MR) is 75.5 cm³/mol. The first-order valence-corrected chi connectivity index (χ1v) is 6.83. The highest BCUT2D eigenvalue weighted by Gasteiger charge is 2.33. The van der Waals surface area contributed by atoms with Crippen LogP contribution in [0.3, 0.4) is 0 Å². The van der Waals surface area contributed by atoms with Gasteiger partial charge in [-0.1, -0.05) is 0 Å². The predicted octanol–water partition coefficient (Wildman–Crippen LogP) is 6.18. The Kier molecular flexibility index (Phi) is 4.20. The highest BCUT2D eigenvalue weighted by Crippen LogP contribution is 2.36. The molecular formula is C17H8F6O2. The zero-order valence-electron chi connectivity index (χ0n) is 12.2. The standard InChI is InChI=1S/C17H8F6O2/c18-11-6-9(14-2-1-5-24-14)3-4-15(11)25-16-12(19)7-10(8-13(16)20)17(21,22)23/h1-8H. The number of halogens is 6. The van der Waals surface area contributed by atoms with Gasteiger partial charge in [-0.2, -0.15) is 13.2 Å². The van der Waals surface area contributed by atoms with Gasteiger partial charge in [0.05, 0.1) is 11.8 Å². The summed E-state index contributed by atoms with van der Waals surface area (Å²) in [6, 6.07) is 6.78. The third-order valence-corrected chi connectivity index (χ3v) is 3.28. The summed E-state index contributed by atoms with van der Waals surface area (Å²) in [6.07, 6.45) is -3.54. The number of rotatable bonds is 3. The van der Waals surface area contributed by atoms with Crippen LogP contribution in [0, 0.1) is 17.5 Å². The van der Waals surface area contributed by atoms with Crippen LogP contribution in [0.15, 0.2) is 53.1 Å². The van der Waals surface area contributed by atoms with Crippen LogP contribution >= 0.6 is 0 Å². The Balaban J connectivity index is 1.93. The molecular weight excluding hydrogens is 350 g/mol. The van der Waals surface area contributed by atoms with Crippen LogP contribution in [-0.2, 0) is 6.18 Å². The van der Waals surface area contributed by atoms with E-state index in [1.54, 1.807) is 12.1 Å². The highest BCUT2D eigenvalue weighted by molar-refractivity contribution is 5.58. The smallest absolute Gasteiger partial charge is 0.416 e. The topological polar surface area (TPSA) is 22.4 Å². The minimum Gasteiger partial charge on any atom is -0.464 e. The summed E-state index contributed by atoms with van der Waals surface area (Å²) in [5.41, 5.74) is -1.16. The molecule has 0 aliphatic rings. The second kappa shape index (κ2) is 6.19. The van der Waals surface area contributed by atoms with Crippen LogP contribution in [0.5, 0.6) is 11.5 Å². The van der Waals surface area contributed by atoms with E-state index in [0.29, 0.717) is 11.3 Å². The van der Waals surface area contributed by atoms with E-state index in [0.717, 1.165) is 12.1 Å². The average Bonchev–Trinajstić information content (AvgIpc) is 3.05. The summed E-state index contributed by atoms with van der Waals surface area (Å²) >= 11 is 0. The maximum absolute atomic E-state index is 14.1. The number of furan rings is 1. The highest BCUT2D eigenvalue weighted by atomic mass is 19.4. The fourth-order valence-electron chi connectivity index (χ4n) is 2.11. The van der Waals surface area contributed by atoms with Crippen LogP contribution in [0.2, 0.25) is 0 Å². The van der Waals surface area contributed by atoms with Crippen molar-refractivity contribution in [3.8, 4) is 22.8 Å². The van der Waals surface area contributed by atoms with E-state index < -0.39 is 40.7 Å². The molecule has 0 spiro atoms. The van der Waals surface area contributed by atoms with Crippen molar-refractivity contribution in [2.75, 3.05) is 0 Å². The zero-order valence-corrected chi connectivity index (χ0v) is 12.2. The minimum absolute atomic E-state index is 0.0769. The molecule has 0 N–H and O–H groups in total. The molecule has 8 heteroatoms. The summed E-state index contributed by atoms with van der Waals surface area (Å²) in [6.45, 7) is 0. The van der Waals surface area contributed by atoms with Gasteiger partial charge in [0.25, 0.3) is 0 Å². The second-order valence-corrected chi connectivity index (χ2v) is 4.99. The minimum atomic E-state index is -4.92. The Morgan fingerprint density at radius 1 is 0.840 bits per heavy atom. The third-order valence-electron chi connectivity index (χ3n) is 3.28. The van der Waals surface area contributed by atoms with Crippen LogP contribution in [0.1, 0.15) is 5.56 Å². The van der Waals surface area contributed by atoms with Crippen LogP contribution in [-0.4, -0.2) is 0 Å². The largest absolute Gasteiger partial charge is 0.464 e. The van der Waals surface area contributed by atoms with Gasteiger partial charge in [-0.05, 0) is 42.5 Å². The van der Waals surface area contributed by atoms with Gasteiger partial charge < -0.3 is 9.15 Å². The number of ether oxygens (including phenoxy) is 1. The maximum atomic E-state index is 14.1. The first-order chi connectivity index (χ1) is 11.8. The summed E-state index contributed by atoms with van der Waals surface area (Å²) in [7, 11) is 0. The summed E-state index contributed by atoms with van der Waals surface area (Å²) in [4.78, 5) is 0. The van der Waals surface area contributed by atoms with Gasteiger partial charge in [-0.25, -0.2) is 13.2 Å². The van der Waals surface area contributed by atoms with E-state index in [-0.39, 0.29) is 12.1 Å². The molecule has 0 bridgehead atoms. The molecule has 2 nitrogen and oxygen atoms in total. The molecule has 3 rings (SSSR count). The molecule has 0 amide bonds. The molecule has 0 saturated carbocycles. The Labute approximate surface area is 137 Å². The number of hydrogen-bond acceptors (Lipinski definition) is 2. The summed E-state index contributed by atoms with van der Waals surface area (Å²) in [5.74, 6) is -5.47. The van der Waals surface area contributed by atoms with Crippen molar-refractivity contribution < 1.29 is 35.5 Å². The molecule has 0 atom stereocenters. The van der Waals surface area contributed by atoms with E-state index in [1.165, 1.54) is 12.3 Å². The van der Waals surface area contributed by atoms with E-state index in [4.69, 9.17) is 9.15 Å². The lowest BCUT2D eigenvalue weighted by molar-refractivity contribution is -0.138. The summed E-state index contributed by atoms with van der Waals surface area (Å²) in [5, 5.41) is 0. The number of benzene rings is 2. The molecule has 0 fully saturated rings. The quantitative estimate of drug-likeness (QED) is 0.522. The molecule has 0 unspecified atom stereocenters. The fourth-order valence-corrected chi connectivity index (χ4v) is 2.11. The van der Waals surface area contributed by atoms with Gasteiger partial charge in [-0.15, -0.1) is 0 Å². The van der Waals surface area contributed by atoms with E-state index in [2.05, 4.69) is 0 Å². The van der Waals surface area contributed by atoms with Crippen LogP contribution in [0.25, 0.3) is 11.3 Å².